The third kappa shape index (κ3) is 2.87. The third-order valence-corrected chi connectivity index (χ3v) is 2.52. The summed E-state index contributed by atoms with van der Waals surface area (Å²) >= 11 is 0. The SMILES string of the molecule is CNc1nc(N)n(CCS(C)(=O)=O)n1. The number of aromatic nitrogens is 3. The maximum absolute atomic E-state index is 10.9. The van der Waals surface area contributed by atoms with Crippen LogP contribution >= 0.6 is 0 Å². The van der Waals surface area contributed by atoms with E-state index in [0.29, 0.717) is 5.95 Å². The summed E-state index contributed by atoms with van der Waals surface area (Å²) in [6, 6.07) is 0. The van der Waals surface area contributed by atoms with Gasteiger partial charge in [-0.3, -0.25) is 0 Å². The number of aryl methyl sites for hydroxylation is 1. The van der Waals surface area contributed by atoms with Crippen LogP contribution in [0.3, 0.4) is 0 Å². The molecule has 0 aliphatic carbocycles. The first-order valence-electron chi connectivity index (χ1n) is 3.98. The molecule has 0 fully saturated rings. The monoisotopic (exact) mass is 219 g/mol. The Morgan fingerprint density at radius 2 is 2.21 bits per heavy atom. The fourth-order valence-electron chi connectivity index (χ4n) is 0.877. The third-order valence-electron chi connectivity index (χ3n) is 1.60. The molecule has 0 aliphatic heterocycles. The zero-order valence-corrected chi connectivity index (χ0v) is 8.87. The topological polar surface area (TPSA) is 103 Å². The molecule has 1 aromatic heterocycles. The second-order valence-electron chi connectivity index (χ2n) is 2.90. The minimum absolute atomic E-state index is 0.00368. The lowest BCUT2D eigenvalue weighted by Crippen LogP contribution is -2.14. The average Bonchev–Trinajstić information content (AvgIpc) is 2.42. The highest BCUT2D eigenvalue weighted by molar-refractivity contribution is 7.90. The van der Waals surface area contributed by atoms with Gasteiger partial charge in [-0.25, -0.2) is 13.1 Å². The van der Waals surface area contributed by atoms with E-state index in [-0.39, 0.29) is 18.2 Å². The Morgan fingerprint density at radius 1 is 1.57 bits per heavy atom. The summed E-state index contributed by atoms with van der Waals surface area (Å²) in [4.78, 5) is 3.85. The molecule has 7 nitrogen and oxygen atoms in total. The molecular weight excluding hydrogens is 206 g/mol. The number of nitrogens with one attached hydrogen (secondary N) is 1. The highest BCUT2D eigenvalue weighted by atomic mass is 32.2. The van der Waals surface area contributed by atoms with Crippen molar-refractivity contribution < 1.29 is 8.42 Å². The Morgan fingerprint density at radius 3 is 2.64 bits per heavy atom. The summed E-state index contributed by atoms with van der Waals surface area (Å²) in [7, 11) is -1.34. The Hall–Kier alpha value is -1.31. The molecular formula is C6H13N5O2S. The molecule has 1 aromatic rings. The Labute approximate surface area is 82.2 Å². The number of rotatable bonds is 4. The molecule has 0 atom stereocenters. The first-order chi connectivity index (χ1) is 6.42. The predicted molar refractivity (Wildman–Crippen MR) is 53.7 cm³/mol. The van der Waals surface area contributed by atoms with E-state index in [2.05, 4.69) is 15.4 Å². The number of hydrogen-bond donors (Lipinski definition) is 2. The van der Waals surface area contributed by atoms with Crippen LogP contribution in [0.15, 0.2) is 0 Å². The molecule has 0 aromatic carbocycles. The van der Waals surface area contributed by atoms with Crippen LogP contribution in [0.1, 0.15) is 0 Å². The lowest BCUT2D eigenvalue weighted by molar-refractivity contribution is 0.588. The van der Waals surface area contributed by atoms with Crippen LogP contribution in [0.4, 0.5) is 11.9 Å². The predicted octanol–water partition coefficient (Wildman–Crippen LogP) is -1.05. The van der Waals surface area contributed by atoms with Gasteiger partial charge in [0.1, 0.15) is 9.84 Å². The Bertz CT molecular complexity index is 410. The quantitative estimate of drug-likeness (QED) is 0.669. The van der Waals surface area contributed by atoms with Crippen LogP contribution in [0, 0.1) is 0 Å². The fraction of sp³-hybridized carbons (Fsp3) is 0.667. The zero-order valence-electron chi connectivity index (χ0n) is 8.06. The fourth-order valence-corrected chi connectivity index (χ4v) is 1.38. The van der Waals surface area contributed by atoms with E-state index in [9.17, 15) is 8.42 Å². The van der Waals surface area contributed by atoms with Crippen molar-refractivity contribution >= 4 is 21.7 Å². The van der Waals surface area contributed by atoms with Gasteiger partial charge >= 0.3 is 0 Å². The van der Waals surface area contributed by atoms with Gasteiger partial charge in [0.25, 0.3) is 0 Å². The van der Waals surface area contributed by atoms with E-state index < -0.39 is 9.84 Å². The highest BCUT2D eigenvalue weighted by Gasteiger charge is 2.08. The Kier molecular flexibility index (Phi) is 2.94. The number of nitrogens with two attached hydrogens (primary N) is 1. The molecule has 1 rings (SSSR count). The van der Waals surface area contributed by atoms with Gasteiger partial charge in [-0.2, -0.15) is 4.98 Å². The summed E-state index contributed by atoms with van der Waals surface area (Å²) in [5.74, 6) is 0.595. The van der Waals surface area contributed by atoms with Gasteiger partial charge in [0, 0.05) is 13.3 Å². The van der Waals surface area contributed by atoms with Crippen molar-refractivity contribution in [1.29, 1.82) is 0 Å². The van der Waals surface area contributed by atoms with Crippen molar-refractivity contribution in [2.45, 2.75) is 6.54 Å². The summed E-state index contributed by atoms with van der Waals surface area (Å²) in [5, 5.41) is 6.65. The largest absolute Gasteiger partial charge is 0.368 e. The van der Waals surface area contributed by atoms with Gasteiger partial charge in [-0.1, -0.05) is 0 Å². The van der Waals surface area contributed by atoms with Crippen LogP contribution in [0.2, 0.25) is 0 Å². The van der Waals surface area contributed by atoms with Crippen LogP contribution < -0.4 is 11.1 Å². The maximum atomic E-state index is 10.9. The van der Waals surface area contributed by atoms with E-state index in [1.54, 1.807) is 7.05 Å². The number of hydrogen-bond acceptors (Lipinski definition) is 6. The van der Waals surface area contributed by atoms with Gasteiger partial charge in [-0.05, 0) is 0 Å². The van der Waals surface area contributed by atoms with Gasteiger partial charge in [0.15, 0.2) is 0 Å². The van der Waals surface area contributed by atoms with Gasteiger partial charge in [0.05, 0.1) is 12.3 Å². The van der Waals surface area contributed by atoms with Crippen LogP contribution in [-0.4, -0.2) is 42.2 Å². The molecule has 0 amide bonds. The van der Waals surface area contributed by atoms with E-state index in [1.807, 2.05) is 0 Å². The molecule has 3 N–H and O–H groups in total. The second kappa shape index (κ2) is 3.82. The molecule has 0 aliphatic rings. The van der Waals surface area contributed by atoms with Crippen molar-refractivity contribution in [2.24, 2.45) is 0 Å². The number of anilines is 2. The number of nitrogen functional groups attached to an aromatic ring is 1. The van der Waals surface area contributed by atoms with Crippen molar-refractivity contribution in [3.63, 3.8) is 0 Å². The second-order valence-corrected chi connectivity index (χ2v) is 5.16. The zero-order chi connectivity index (χ0) is 10.8. The normalized spacial score (nSPS) is 11.6. The Balaban J connectivity index is 2.72. The molecule has 0 unspecified atom stereocenters. The van der Waals surface area contributed by atoms with Crippen LogP contribution in [-0.2, 0) is 16.4 Å². The van der Waals surface area contributed by atoms with Crippen molar-refractivity contribution in [3.8, 4) is 0 Å². The summed E-state index contributed by atoms with van der Waals surface area (Å²) < 4.78 is 23.1. The van der Waals surface area contributed by atoms with Gasteiger partial charge in [0.2, 0.25) is 11.9 Å². The van der Waals surface area contributed by atoms with Crippen LogP contribution in [0.25, 0.3) is 0 Å². The number of nitrogens with zero attached hydrogens (tertiary/aromatic N) is 3. The molecule has 80 valence electrons. The molecule has 0 bridgehead atoms. The van der Waals surface area contributed by atoms with E-state index >= 15 is 0 Å². The van der Waals surface area contributed by atoms with E-state index in [0.717, 1.165) is 0 Å². The smallest absolute Gasteiger partial charge is 0.243 e. The molecule has 14 heavy (non-hydrogen) atoms. The van der Waals surface area contributed by atoms with Crippen molar-refractivity contribution in [1.82, 2.24) is 14.8 Å². The summed E-state index contributed by atoms with van der Waals surface area (Å²) in [6.45, 7) is 0.222. The lowest BCUT2D eigenvalue weighted by atomic mass is 10.7. The van der Waals surface area contributed by atoms with Crippen LogP contribution in [0.5, 0.6) is 0 Å². The van der Waals surface area contributed by atoms with Crippen molar-refractivity contribution in [2.75, 3.05) is 30.1 Å². The molecule has 0 saturated carbocycles. The molecule has 1 heterocycles. The highest BCUT2D eigenvalue weighted by Crippen LogP contribution is 2.04. The van der Waals surface area contributed by atoms with E-state index in [4.69, 9.17) is 5.73 Å². The van der Waals surface area contributed by atoms with E-state index in [1.165, 1.54) is 10.9 Å². The summed E-state index contributed by atoms with van der Waals surface area (Å²) in [6.07, 6.45) is 1.17. The molecule has 0 radical (unpaired) electrons. The van der Waals surface area contributed by atoms with Crippen molar-refractivity contribution in [3.05, 3.63) is 0 Å². The standard InChI is InChI=1S/C6H13N5O2S/c1-8-6-9-5(7)11(10-6)3-4-14(2,12)13/h3-4H2,1-2H3,(H3,7,8,9,10). The average molecular weight is 219 g/mol. The first kappa shape index (κ1) is 10.8. The minimum Gasteiger partial charge on any atom is -0.368 e. The van der Waals surface area contributed by atoms with Gasteiger partial charge in [-0.15, -0.1) is 5.10 Å². The lowest BCUT2D eigenvalue weighted by Gasteiger charge is -2.00. The molecule has 0 spiro atoms. The minimum atomic E-state index is -3.00. The summed E-state index contributed by atoms with van der Waals surface area (Å²) in [5.41, 5.74) is 5.50. The van der Waals surface area contributed by atoms with Gasteiger partial charge < -0.3 is 11.1 Å². The number of sulfone groups is 1. The molecule has 0 saturated heterocycles. The maximum Gasteiger partial charge on any atom is 0.243 e. The first-order valence-corrected chi connectivity index (χ1v) is 6.04. The molecule has 8 heteroatoms.